The average molecular weight is 401 g/mol. The highest BCUT2D eigenvalue weighted by Crippen LogP contribution is 2.34. The van der Waals surface area contributed by atoms with Crippen LogP contribution < -0.4 is 15.2 Å². The second kappa shape index (κ2) is 7.63. The number of nitrogens with zero attached hydrogens (tertiary/aromatic N) is 1. The van der Waals surface area contributed by atoms with Crippen molar-refractivity contribution in [1.29, 1.82) is 0 Å². The second-order valence-electron chi connectivity index (χ2n) is 6.91. The van der Waals surface area contributed by atoms with Crippen LogP contribution in [0.4, 0.5) is 5.69 Å². The minimum atomic E-state index is -3.38. The third-order valence-corrected chi connectivity index (χ3v) is 6.04. The number of anilines is 1. The molecule has 2 N–H and O–H groups in total. The van der Waals surface area contributed by atoms with Gasteiger partial charge >= 0.3 is 0 Å². The summed E-state index contributed by atoms with van der Waals surface area (Å²) in [5, 5.41) is 0. The molecule has 0 radical (unpaired) electrons. The summed E-state index contributed by atoms with van der Waals surface area (Å²) in [6, 6.07) is 11.8. The van der Waals surface area contributed by atoms with Crippen LogP contribution in [0.15, 0.2) is 42.5 Å². The molecule has 148 valence electrons. The molecule has 0 aliphatic carbocycles. The number of hydrazine groups is 1. The van der Waals surface area contributed by atoms with Gasteiger partial charge in [0.25, 0.3) is 11.8 Å². The summed E-state index contributed by atoms with van der Waals surface area (Å²) >= 11 is 0. The molecule has 2 amide bonds. The number of nitrogens with one attached hydrogen (secondary N) is 2. The molecule has 0 saturated carbocycles. The van der Waals surface area contributed by atoms with E-state index in [4.69, 9.17) is 0 Å². The molecule has 1 aliphatic heterocycles. The minimum absolute atomic E-state index is 0.200. The van der Waals surface area contributed by atoms with Crippen LogP contribution >= 0.6 is 0 Å². The fraction of sp³-hybridized carbons (Fsp3) is 0.300. The summed E-state index contributed by atoms with van der Waals surface area (Å²) in [6.07, 6.45) is 2.58. The Hall–Kier alpha value is -2.87. The molecule has 1 heterocycles. The number of rotatable bonds is 4. The highest BCUT2D eigenvalue weighted by atomic mass is 32.2. The first-order chi connectivity index (χ1) is 13.2. The van der Waals surface area contributed by atoms with Gasteiger partial charge in [-0.05, 0) is 61.2 Å². The van der Waals surface area contributed by atoms with E-state index < -0.39 is 21.8 Å². The van der Waals surface area contributed by atoms with Gasteiger partial charge in [0.15, 0.2) is 0 Å². The second-order valence-corrected chi connectivity index (χ2v) is 8.77. The van der Waals surface area contributed by atoms with Crippen molar-refractivity contribution in [1.82, 2.24) is 10.9 Å². The number of hydrogen-bond acceptors (Lipinski definition) is 4. The predicted molar refractivity (Wildman–Crippen MR) is 108 cm³/mol. The molecular weight excluding hydrogens is 378 g/mol. The number of aryl methyl sites for hydroxylation is 1. The van der Waals surface area contributed by atoms with Crippen LogP contribution in [0.5, 0.6) is 0 Å². The standard InChI is InChI=1S/C20H23N3O4S/c1-4-14-5-7-15(8-6-14)19(24)21-22-20(25)16-9-10-18-17(12-16)11-13(2)23(18)28(3,26)27/h5-10,12-13H,4,11H2,1-3H3,(H,21,24)(H,22,25)/t13-/m1/s1. The van der Waals surface area contributed by atoms with Crippen molar-refractivity contribution in [3.63, 3.8) is 0 Å². The Morgan fingerprint density at radius 2 is 1.61 bits per heavy atom. The monoisotopic (exact) mass is 401 g/mol. The Morgan fingerprint density at radius 3 is 2.18 bits per heavy atom. The molecule has 0 fully saturated rings. The van der Waals surface area contributed by atoms with Crippen LogP contribution in [0.3, 0.4) is 0 Å². The molecule has 0 aromatic heterocycles. The summed E-state index contributed by atoms with van der Waals surface area (Å²) in [7, 11) is -3.38. The summed E-state index contributed by atoms with van der Waals surface area (Å²) in [5.41, 5.74) is 8.09. The molecule has 1 aliphatic rings. The van der Waals surface area contributed by atoms with Crippen molar-refractivity contribution in [3.05, 3.63) is 64.7 Å². The molecule has 7 nitrogen and oxygen atoms in total. The van der Waals surface area contributed by atoms with Gasteiger partial charge in [-0.15, -0.1) is 0 Å². The van der Waals surface area contributed by atoms with Gasteiger partial charge in [0.2, 0.25) is 10.0 Å². The quantitative estimate of drug-likeness (QED) is 0.767. The van der Waals surface area contributed by atoms with Gasteiger partial charge in [-0.1, -0.05) is 19.1 Å². The first-order valence-electron chi connectivity index (χ1n) is 9.02. The van der Waals surface area contributed by atoms with E-state index in [1.807, 2.05) is 26.0 Å². The molecule has 2 aromatic rings. The van der Waals surface area contributed by atoms with Crippen LogP contribution in [0.25, 0.3) is 0 Å². The number of fused-ring (bicyclic) bond motifs is 1. The van der Waals surface area contributed by atoms with E-state index in [0.29, 0.717) is 23.2 Å². The van der Waals surface area contributed by atoms with Crippen molar-refractivity contribution in [2.24, 2.45) is 0 Å². The number of amides is 2. The zero-order valence-corrected chi connectivity index (χ0v) is 16.8. The lowest BCUT2D eigenvalue weighted by molar-refractivity contribution is 0.0846. The third kappa shape index (κ3) is 4.01. The largest absolute Gasteiger partial charge is 0.269 e. The predicted octanol–water partition coefficient (Wildman–Crippen LogP) is 2.03. The molecular formula is C20H23N3O4S. The van der Waals surface area contributed by atoms with Gasteiger partial charge in [0.05, 0.1) is 11.9 Å². The van der Waals surface area contributed by atoms with Crippen LogP contribution in [0.1, 0.15) is 45.7 Å². The Labute approximate surface area is 164 Å². The van der Waals surface area contributed by atoms with E-state index in [1.54, 1.807) is 30.3 Å². The molecule has 0 spiro atoms. The van der Waals surface area contributed by atoms with Crippen LogP contribution in [-0.4, -0.2) is 32.5 Å². The smallest absolute Gasteiger partial charge is 0.267 e. The van der Waals surface area contributed by atoms with Crippen LogP contribution in [-0.2, 0) is 22.9 Å². The Bertz CT molecular complexity index is 1020. The van der Waals surface area contributed by atoms with Gasteiger partial charge in [-0.2, -0.15) is 0 Å². The Morgan fingerprint density at radius 1 is 1.04 bits per heavy atom. The molecule has 0 unspecified atom stereocenters. The van der Waals surface area contributed by atoms with Crippen molar-refractivity contribution in [3.8, 4) is 0 Å². The summed E-state index contributed by atoms with van der Waals surface area (Å²) in [6.45, 7) is 3.85. The fourth-order valence-electron chi connectivity index (χ4n) is 3.40. The molecule has 8 heteroatoms. The number of carbonyl (C=O) groups excluding carboxylic acids is 2. The maximum absolute atomic E-state index is 12.4. The van der Waals surface area contributed by atoms with Crippen molar-refractivity contribution in [2.45, 2.75) is 32.7 Å². The number of carbonyl (C=O) groups is 2. The molecule has 2 aromatic carbocycles. The average Bonchev–Trinajstić information content (AvgIpc) is 3.00. The van der Waals surface area contributed by atoms with E-state index in [9.17, 15) is 18.0 Å². The highest BCUT2D eigenvalue weighted by molar-refractivity contribution is 7.92. The molecule has 28 heavy (non-hydrogen) atoms. The number of hydrogen-bond donors (Lipinski definition) is 2. The van der Waals surface area contributed by atoms with Crippen LogP contribution in [0, 0.1) is 0 Å². The lowest BCUT2D eigenvalue weighted by Crippen LogP contribution is -2.41. The molecule has 1 atom stereocenters. The van der Waals surface area contributed by atoms with E-state index >= 15 is 0 Å². The summed E-state index contributed by atoms with van der Waals surface area (Å²) < 4.78 is 25.3. The topological polar surface area (TPSA) is 95.6 Å². The first-order valence-corrected chi connectivity index (χ1v) is 10.9. The van der Waals surface area contributed by atoms with Crippen molar-refractivity contribution >= 4 is 27.5 Å². The van der Waals surface area contributed by atoms with E-state index in [2.05, 4.69) is 10.9 Å². The Kier molecular flexibility index (Phi) is 5.42. The molecule has 0 saturated heterocycles. The summed E-state index contributed by atoms with van der Waals surface area (Å²) in [4.78, 5) is 24.5. The highest BCUT2D eigenvalue weighted by Gasteiger charge is 2.32. The summed E-state index contributed by atoms with van der Waals surface area (Å²) in [5.74, 6) is -0.874. The van der Waals surface area contributed by atoms with Crippen LogP contribution in [0.2, 0.25) is 0 Å². The fourth-order valence-corrected chi connectivity index (χ4v) is 4.66. The maximum atomic E-state index is 12.4. The molecule has 0 bridgehead atoms. The van der Waals surface area contributed by atoms with Gasteiger partial charge in [-0.25, -0.2) is 8.42 Å². The van der Waals surface area contributed by atoms with Gasteiger partial charge in [0.1, 0.15) is 0 Å². The van der Waals surface area contributed by atoms with Crippen molar-refractivity contribution < 1.29 is 18.0 Å². The maximum Gasteiger partial charge on any atom is 0.269 e. The molecule has 3 rings (SSSR count). The lowest BCUT2D eigenvalue weighted by atomic mass is 10.1. The SMILES string of the molecule is CCc1ccc(C(=O)NNC(=O)c2ccc3c(c2)C[C@@H](C)N3S(C)(=O)=O)cc1. The zero-order chi connectivity index (χ0) is 20.5. The zero-order valence-electron chi connectivity index (χ0n) is 16.0. The third-order valence-electron chi connectivity index (χ3n) is 4.77. The van der Waals surface area contributed by atoms with Gasteiger partial charge in [-0.3, -0.25) is 24.7 Å². The normalized spacial score (nSPS) is 15.8. The van der Waals surface area contributed by atoms with Gasteiger partial charge in [0, 0.05) is 17.2 Å². The van der Waals surface area contributed by atoms with E-state index in [0.717, 1.165) is 17.5 Å². The lowest BCUT2D eigenvalue weighted by Gasteiger charge is -2.21. The van der Waals surface area contributed by atoms with Crippen molar-refractivity contribution in [2.75, 3.05) is 10.6 Å². The Balaban J connectivity index is 1.69. The minimum Gasteiger partial charge on any atom is -0.267 e. The van der Waals surface area contributed by atoms with E-state index in [1.165, 1.54) is 10.6 Å². The van der Waals surface area contributed by atoms with Gasteiger partial charge < -0.3 is 0 Å². The van der Waals surface area contributed by atoms with E-state index in [-0.39, 0.29) is 6.04 Å². The number of benzene rings is 2. The number of sulfonamides is 1. The first kappa shape index (κ1) is 19.9.